The Kier molecular flexibility index (Phi) is 2.35. The van der Waals surface area contributed by atoms with Crippen LogP contribution in [0.5, 0.6) is 0 Å². The summed E-state index contributed by atoms with van der Waals surface area (Å²) in [5.41, 5.74) is 3.05. The van der Waals surface area contributed by atoms with Gasteiger partial charge >= 0.3 is 0 Å². The molecule has 1 fully saturated rings. The number of rotatable bonds is 2. The molecule has 2 heterocycles. The van der Waals surface area contributed by atoms with Crippen molar-refractivity contribution < 1.29 is 0 Å². The maximum Gasteiger partial charge on any atom is 0.163 e. The average molecular weight is 216 g/mol. The lowest BCUT2D eigenvalue weighted by molar-refractivity contribution is 0.529. The molecule has 84 valence electrons. The smallest absolute Gasteiger partial charge is 0.163 e. The van der Waals surface area contributed by atoms with Crippen molar-refractivity contribution in [3.63, 3.8) is 0 Å². The second kappa shape index (κ2) is 3.85. The second-order valence-corrected chi connectivity index (χ2v) is 4.44. The van der Waals surface area contributed by atoms with Crippen LogP contribution in [0.2, 0.25) is 0 Å². The predicted octanol–water partition coefficient (Wildman–Crippen LogP) is 2.50. The Balaban J connectivity index is 2.12. The lowest BCUT2D eigenvalue weighted by Crippen LogP contribution is -2.04. The van der Waals surface area contributed by atoms with Gasteiger partial charge in [-0.05, 0) is 19.3 Å². The third kappa shape index (κ3) is 1.40. The van der Waals surface area contributed by atoms with Crippen molar-refractivity contribution in [2.75, 3.05) is 0 Å². The SMILES string of the molecule is CCc1ncnc2c1ncn2C1CCCC1. The molecule has 1 aliphatic rings. The van der Waals surface area contributed by atoms with Crippen molar-refractivity contribution >= 4 is 11.2 Å². The number of fused-ring (bicyclic) bond motifs is 1. The highest BCUT2D eigenvalue weighted by atomic mass is 15.1. The summed E-state index contributed by atoms with van der Waals surface area (Å²) in [6.45, 7) is 2.11. The fraction of sp³-hybridized carbons (Fsp3) is 0.583. The summed E-state index contributed by atoms with van der Waals surface area (Å²) in [6, 6.07) is 0.601. The Bertz CT molecular complexity index is 497. The first-order valence-electron chi connectivity index (χ1n) is 6.06. The van der Waals surface area contributed by atoms with Crippen LogP contribution in [0.3, 0.4) is 0 Å². The van der Waals surface area contributed by atoms with Gasteiger partial charge in [-0.1, -0.05) is 19.8 Å². The summed E-state index contributed by atoms with van der Waals surface area (Å²) in [6.07, 6.45) is 9.70. The Morgan fingerprint density at radius 3 is 2.81 bits per heavy atom. The van der Waals surface area contributed by atoms with Crippen molar-refractivity contribution in [1.29, 1.82) is 0 Å². The Hall–Kier alpha value is -1.45. The van der Waals surface area contributed by atoms with E-state index < -0.39 is 0 Å². The normalized spacial score (nSPS) is 17.3. The molecule has 1 saturated carbocycles. The second-order valence-electron chi connectivity index (χ2n) is 4.44. The van der Waals surface area contributed by atoms with Crippen LogP contribution in [0.4, 0.5) is 0 Å². The number of hydrogen-bond donors (Lipinski definition) is 0. The fourth-order valence-electron chi connectivity index (χ4n) is 2.61. The maximum atomic E-state index is 4.47. The molecule has 0 aliphatic heterocycles. The largest absolute Gasteiger partial charge is 0.312 e. The van der Waals surface area contributed by atoms with Gasteiger partial charge in [-0.2, -0.15) is 0 Å². The van der Waals surface area contributed by atoms with Crippen molar-refractivity contribution in [1.82, 2.24) is 19.5 Å². The topological polar surface area (TPSA) is 43.6 Å². The zero-order valence-corrected chi connectivity index (χ0v) is 9.56. The minimum Gasteiger partial charge on any atom is -0.312 e. The zero-order valence-electron chi connectivity index (χ0n) is 9.56. The molecule has 4 heteroatoms. The van der Waals surface area contributed by atoms with E-state index in [2.05, 4.69) is 26.4 Å². The molecule has 0 saturated heterocycles. The van der Waals surface area contributed by atoms with E-state index in [9.17, 15) is 0 Å². The van der Waals surface area contributed by atoms with Gasteiger partial charge in [0.05, 0.1) is 12.0 Å². The van der Waals surface area contributed by atoms with E-state index in [0.717, 1.165) is 23.3 Å². The van der Waals surface area contributed by atoms with E-state index in [1.807, 2.05) is 6.33 Å². The number of imidazole rings is 1. The third-order valence-electron chi connectivity index (χ3n) is 3.49. The first-order chi connectivity index (χ1) is 7.90. The van der Waals surface area contributed by atoms with E-state index in [1.165, 1.54) is 25.7 Å². The molecule has 3 rings (SSSR count). The minimum atomic E-state index is 0.601. The first kappa shape index (κ1) is 9.75. The molecule has 0 spiro atoms. The maximum absolute atomic E-state index is 4.47. The molecule has 1 aliphatic carbocycles. The molecule has 0 amide bonds. The summed E-state index contributed by atoms with van der Waals surface area (Å²) < 4.78 is 2.24. The van der Waals surface area contributed by atoms with Crippen molar-refractivity contribution in [3.8, 4) is 0 Å². The van der Waals surface area contributed by atoms with Gasteiger partial charge < -0.3 is 4.57 Å². The van der Waals surface area contributed by atoms with Crippen LogP contribution < -0.4 is 0 Å². The van der Waals surface area contributed by atoms with Crippen LogP contribution in [0.15, 0.2) is 12.7 Å². The van der Waals surface area contributed by atoms with Gasteiger partial charge in [0.1, 0.15) is 11.8 Å². The first-order valence-corrected chi connectivity index (χ1v) is 6.06. The number of hydrogen-bond acceptors (Lipinski definition) is 3. The highest BCUT2D eigenvalue weighted by Crippen LogP contribution is 2.31. The molecule has 2 aromatic rings. The third-order valence-corrected chi connectivity index (χ3v) is 3.49. The quantitative estimate of drug-likeness (QED) is 0.774. The molecule has 0 radical (unpaired) electrons. The zero-order chi connectivity index (χ0) is 11.0. The molecule has 4 nitrogen and oxygen atoms in total. The highest BCUT2D eigenvalue weighted by molar-refractivity contribution is 5.73. The van der Waals surface area contributed by atoms with Gasteiger partial charge in [0.2, 0.25) is 0 Å². The van der Waals surface area contributed by atoms with Crippen LogP contribution in [0, 0.1) is 0 Å². The molecule has 0 N–H and O–H groups in total. The molecular formula is C12H16N4. The van der Waals surface area contributed by atoms with E-state index in [4.69, 9.17) is 0 Å². The predicted molar refractivity (Wildman–Crippen MR) is 62.2 cm³/mol. The van der Waals surface area contributed by atoms with Crippen LogP contribution in [0.1, 0.15) is 44.3 Å². The highest BCUT2D eigenvalue weighted by Gasteiger charge is 2.20. The molecule has 0 bridgehead atoms. The van der Waals surface area contributed by atoms with Crippen molar-refractivity contribution in [2.45, 2.75) is 45.1 Å². The standard InChI is InChI=1S/C12H16N4/c1-2-10-11-12(14-7-13-10)16(8-15-11)9-5-3-4-6-9/h7-9H,2-6H2,1H3. The van der Waals surface area contributed by atoms with Gasteiger partial charge in [0.25, 0.3) is 0 Å². The lowest BCUT2D eigenvalue weighted by Gasteiger charge is -2.11. The van der Waals surface area contributed by atoms with Gasteiger partial charge in [-0.15, -0.1) is 0 Å². The molecule has 2 aromatic heterocycles. The molecule has 0 unspecified atom stereocenters. The molecule has 0 aromatic carbocycles. The van der Waals surface area contributed by atoms with Gasteiger partial charge in [-0.3, -0.25) is 0 Å². The molecule has 0 atom stereocenters. The summed E-state index contributed by atoms with van der Waals surface area (Å²) >= 11 is 0. The molecular weight excluding hydrogens is 200 g/mol. The van der Waals surface area contributed by atoms with Crippen molar-refractivity contribution in [2.24, 2.45) is 0 Å². The number of aromatic nitrogens is 4. The number of nitrogens with zero attached hydrogens (tertiary/aromatic N) is 4. The van der Waals surface area contributed by atoms with Crippen LogP contribution >= 0.6 is 0 Å². The van der Waals surface area contributed by atoms with E-state index in [0.29, 0.717) is 6.04 Å². The number of aryl methyl sites for hydroxylation is 1. The summed E-state index contributed by atoms with van der Waals surface area (Å²) in [5.74, 6) is 0. The van der Waals surface area contributed by atoms with Crippen LogP contribution in [0.25, 0.3) is 11.2 Å². The van der Waals surface area contributed by atoms with Gasteiger partial charge in [0, 0.05) is 6.04 Å². The van der Waals surface area contributed by atoms with E-state index in [1.54, 1.807) is 6.33 Å². The summed E-state index contributed by atoms with van der Waals surface area (Å²) in [7, 11) is 0. The fourth-order valence-corrected chi connectivity index (χ4v) is 2.61. The van der Waals surface area contributed by atoms with Crippen molar-refractivity contribution in [3.05, 3.63) is 18.3 Å². The van der Waals surface area contributed by atoms with E-state index in [-0.39, 0.29) is 0 Å². The lowest BCUT2D eigenvalue weighted by atomic mass is 10.2. The van der Waals surface area contributed by atoms with Gasteiger partial charge in [0.15, 0.2) is 5.65 Å². The van der Waals surface area contributed by atoms with Crippen LogP contribution in [-0.2, 0) is 6.42 Å². The average Bonchev–Trinajstić information content (AvgIpc) is 2.96. The monoisotopic (exact) mass is 216 g/mol. The minimum absolute atomic E-state index is 0.601. The Labute approximate surface area is 94.7 Å². The van der Waals surface area contributed by atoms with Gasteiger partial charge in [-0.25, -0.2) is 15.0 Å². The Morgan fingerprint density at radius 1 is 1.25 bits per heavy atom. The van der Waals surface area contributed by atoms with Crippen LogP contribution in [-0.4, -0.2) is 19.5 Å². The molecule has 16 heavy (non-hydrogen) atoms. The summed E-state index contributed by atoms with van der Waals surface area (Å²) in [5, 5.41) is 0. The van der Waals surface area contributed by atoms with E-state index >= 15 is 0 Å². The summed E-state index contributed by atoms with van der Waals surface area (Å²) in [4.78, 5) is 13.1. The Morgan fingerprint density at radius 2 is 2.06 bits per heavy atom.